The average molecular weight is 178 g/mol. The van der Waals surface area contributed by atoms with E-state index in [1.807, 2.05) is 6.07 Å². The van der Waals surface area contributed by atoms with Crippen LogP contribution in [0.2, 0.25) is 0 Å². The molecule has 0 spiro atoms. The minimum absolute atomic E-state index is 0.565. The molecule has 1 fully saturated rings. The van der Waals surface area contributed by atoms with E-state index in [1.54, 1.807) is 12.5 Å². The molecule has 13 heavy (non-hydrogen) atoms. The Bertz CT molecular complexity index is 260. The van der Waals surface area contributed by atoms with Crippen molar-refractivity contribution in [1.29, 1.82) is 0 Å². The number of nitrogens with two attached hydrogens (primary N) is 1. The van der Waals surface area contributed by atoms with Crippen LogP contribution in [0.1, 0.15) is 12.1 Å². The summed E-state index contributed by atoms with van der Waals surface area (Å²) in [6.45, 7) is 2.81. The summed E-state index contributed by atoms with van der Waals surface area (Å²) in [5.74, 6) is 0. The zero-order valence-corrected chi connectivity index (χ0v) is 7.56. The Hall–Kier alpha value is -1.00. The van der Waals surface area contributed by atoms with Crippen LogP contribution in [0.3, 0.4) is 0 Å². The second-order valence-electron chi connectivity index (χ2n) is 3.35. The van der Waals surface area contributed by atoms with Crippen molar-refractivity contribution in [3.05, 3.63) is 24.3 Å². The molecule has 70 valence electrons. The third-order valence-electron chi connectivity index (χ3n) is 2.55. The summed E-state index contributed by atoms with van der Waals surface area (Å²) in [5, 5.41) is 0. The van der Waals surface area contributed by atoms with Crippen molar-refractivity contribution in [3.63, 3.8) is 0 Å². The zero-order valence-electron chi connectivity index (χ0n) is 7.56. The van der Waals surface area contributed by atoms with Crippen LogP contribution in [0.4, 0.5) is 0 Å². The lowest BCUT2D eigenvalue weighted by atomic mass is 10.0. The van der Waals surface area contributed by atoms with Crippen molar-refractivity contribution in [2.45, 2.75) is 19.0 Å². The van der Waals surface area contributed by atoms with Gasteiger partial charge in [0.05, 0.1) is 5.69 Å². The Kier molecular flexibility index (Phi) is 2.52. The van der Waals surface area contributed by atoms with E-state index in [0.717, 1.165) is 25.3 Å². The van der Waals surface area contributed by atoms with Crippen molar-refractivity contribution < 1.29 is 0 Å². The summed E-state index contributed by atoms with van der Waals surface area (Å²) >= 11 is 0. The monoisotopic (exact) mass is 178 g/mol. The molecule has 0 saturated carbocycles. The van der Waals surface area contributed by atoms with E-state index in [0.29, 0.717) is 6.04 Å². The first-order valence-corrected chi connectivity index (χ1v) is 4.59. The van der Waals surface area contributed by atoms with Gasteiger partial charge in [-0.05, 0) is 12.5 Å². The SMILES string of the molecule is NCC1CCN1Cc1ccncn1. The predicted molar refractivity (Wildman–Crippen MR) is 49.9 cm³/mol. The van der Waals surface area contributed by atoms with Crippen LogP contribution in [0.5, 0.6) is 0 Å². The van der Waals surface area contributed by atoms with Crippen molar-refractivity contribution in [2.75, 3.05) is 13.1 Å². The van der Waals surface area contributed by atoms with Crippen molar-refractivity contribution in [1.82, 2.24) is 14.9 Å². The maximum absolute atomic E-state index is 5.60. The summed E-state index contributed by atoms with van der Waals surface area (Å²) < 4.78 is 0. The van der Waals surface area contributed by atoms with Gasteiger partial charge in [-0.2, -0.15) is 0 Å². The fraction of sp³-hybridized carbons (Fsp3) is 0.556. The second kappa shape index (κ2) is 3.81. The van der Waals surface area contributed by atoms with E-state index >= 15 is 0 Å². The average Bonchev–Trinajstić information content (AvgIpc) is 2.15. The van der Waals surface area contributed by atoms with Crippen molar-refractivity contribution in [3.8, 4) is 0 Å². The lowest BCUT2D eigenvalue weighted by Gasteiger charge is -2.39. The maximum atomic E-state index is 5.60. The summed E-state index contributed by atoms with van der Waals surface area (Å²) in [4.78, 5) is 10.4. The van der Waals surface area contributed by atoms with E-state index in [4.69, 9.17) is 5.73 Å². The molecule has 4 nitrogen and oxygen atoms in total. The molecular formula is C9H14N4. The lowest BCUT2D eigenvalue weighted by molar-refractivity contribution is 0.0867. The fourth-order valence-electron chi connectivity index (χ4n) is 1.59. The highest BCUT2D eigenvalue weighted by molar-refractivity contribution is 4.99. The Balaban J connectivity index is 1.92. The highest BCUT2D eigenvalue weighted by Gasteiger charge is 2.26. The van der Waals surface area contributed by atoms with Gasteiger partial charge in [0.15, 0.2) is 0 Å². The molecule has 1 aliphatic rings. The molecular weight excluding hydrogens is 164 g/mol. The number of hydrogen-bond acceptors (Lipinski definition) is 4. The third-order valence-corrected chi connectivity index (χ3v) is 2.55. The van der Waals surface area contributed by atoms with Gasteiger partial charge in [0, 0.05) is 31.9 Å². The summed E-state index contributed by atoms with van der Waals surface area (Å²) in [7, 11) is 0. The minimum atomic E-state index is 0.565. The van der Waals surface area contributed by atoms with Gasteiger partial charge >= 0.3 is 0 Å². The van der Waals surface area contributed by atoms with E-state index in [1.165, 1.54) is 6.42 Å². The maximum Gasteiger partial charge on any atom is 0.115 e. The Morgan fingerprint density at radius 3 is 3.08 bits per heavy atom. The van der Waals surface area contributed by atoms with Gasteiger partial charge in [-0.1, -0.05) is 0 Å². The number of rotatable bonds is 3. The molecule has 1 aliphatic heterocycles. The van der Waals surface area contributed by atoms with Crippen LogP contribution in [0.15, 0.2) is 18.6 Å². The lowest BCUT2D eigenvalue weighted by Crippen LogP contribution is -2.50. The Morgan fingerprint density at radius 2 is 2.54 bits per heavy atom. The van der Waals surface area contributed by atoms with Crippen LogP contribution < -0.4 is 5.73 Å². The zero-order chi connectivity index (χ0) is 9.10. The normalized spacial score (nSPS) is 22.7. The van der Waals surface area contributed by atoms with Crippen LogP contribution in [0, 0.1) is 0 Å². The van der Waals surface area contributed by atoms with Crippen LogP contribution in [-0.4, -0.2) is 34.0 Å². The number of aromatic nitrogens is 2. The molecule has 2 N–H and O–H groups in total. The summed E-state index contributed by atoms with van der Waals surface area (Å²) in [6, 6.07) is 2.52. The van der Waals surface area contributed by atoms with Gasteiger partial charge in [0.1, 0.15) is 6.33 Å². The molecule has 0 aliphatic carbocycles. The van der Waals surface area contributed by atoms with Gasteiger partial charge in [-0.3, -0.25) is 4.90 Å². The standard InChI is InChI=1S/C9H14N4/c10-5-9-2-4-13(9)6-8-1-3-11-7-12-8/h1,3,7,9H,2,4-6,10H2. The molecule has 4 heteroatoms. The number of hydrogen-bond donors (Lipinski definition) is 1. The molecule has 1 saturated heterocycles. The van der Waals surface area contributed by atoms with E-state index < -0.39 is 0 Å². The van der Waals surface area contributed by atoms with Gasteiger partial charge in [0.25, 0.3) is 0 Å². The van der Waals surface area contributed by atoms with Gasteiger partial charge in [-0.25, -0.2) is 9.97 Å². The van der Waals surface area contributed by atoms with E-state index in [2.05, 4.69) is 14.9 Å². The first-order valence-electron chi connectivity index (χ1n) is 4.59. The van der Waals surface area contributed by atoms with Crippen LogP contribution >= 0.6 is 0 Å². The van der Waals surface area contributed by atoms with Crippen LogP contribution in [-0.2, 0) is 6.54 Å². The molecule has 0 amide bonds. The van der Waals surface area contributed by atoms with Crippen molar-refractivity contribution >= 4 is 0 Å². The second-order valence-corrected chi connectivity index (χ2v) is 3.35. The summed E-state index contributed by atoms with van der Waals surface area (Å²) in [6.07, 6.45) is 4.59. The van der Waals surface area contributed by atoms with Gasteiger partial charge in [0.2, 0.25) is 0 Å². The fourth-order valence-corrected chi connectivity index (χ4v) is 1.59. The molecule has 1 aromatic heterocycles. The molecule has 1 atom stereocenters. The minimum Gasteiger partial charge on any atom is -0.329 e. The number of likely N-dealkylation sites (tertiary alicyclic amines) is 1. The third kappa shape index (κ3) is 1.84. The van der Waals surface area contributed by atoms with Gasteiger partial charge in [-0.15, -0.1) is 0 Å². The largest absolute Gasteiger partial charge is 0.329 e. The highest BCUT2D eigenvalue weighted by Crippen LogP contribution is 2.17. The first-order chi connectivity index (χ1) is 6.40. The number of nitrogens with zero attached hydrogens (tertiary/aromatic N) is 3. The Morgan fingerprint density at radius 1 is 1.62 bits per heavy atom. The van der Waals surface area contributed by atoms with Crippen molar-refractivity contribution in [2.24, 2.45) is 5.73 Å². The summed E-state index contributed by atoms with van der Waals surface area (Å²) in [5.41, 5.74) is 6.68. The molecule has 1 aromatic rings. The Labute approximate surface area is 77.8 Å². The topological polar surface area (TPSA) is 55.0 Å². The van der Waals surface area contributed by atoms with Crippen LogP contribution in [0.25, 0.3) is 0 Å². The van der Waals surface area contributed by atoms with E-state index in [9.17, 15) is 0 Å². The highest BCUT2D eigenvalue weighted by atomic mass is 15.2. The molecule has 0 radical (unpaired) electrons. The predicted octanol–water partition coefficient (Wildman–Crippen LogP) is 0.00960. The van der Waals surface area contributed by atoms with Gasteiger partial charge < -0.3 is 5.73 Å². The molecule has 1 unspecified atom stereocenters. The smallest absolute Gasteiger partial charge is 0.115 e. The molecule has 0 bridgehead atoms. The first kappa shape index (κ1) is 8.59. The molecule has 0 aromatic carbocycles. The molecule has 2 heterocycles. The molecule has 2 rings (SSSR count). The van der Waals surface area contributed by atoms with E-state index in [-0.39, 0.29) is 0 Å². The quantitative estimate of drug-likeness (QED) is 0.708.